The van der Waals surface area contributed by atoms with Crippen LogP contribution in [0.2, 0.25) is 0 Å². The van der Waals surface area contributed by atoms with Crippen LogP contribution in [0.1, 0.15) is 33.3 Å². The highest BCUT2D eigenvalue weighted by molar-refractivity contribution is 7.10. The van der Waals surface area contributed by atoms with E-state index in [9.17, 15) is 9.59 Å². The smallest absolute Gasteiger partial charge is 0.255 e. The number of fused-ring (bicyclic) bond motifs is 1. The van der Waals surface area contributed by atoms with Crippen LogP contribution in [0.5, 0.6) is 0 Å². The van der Waals surface area contributed by atoms with Crippen molar-refractivity contribution in [3.05, 3.63) is 82.2 Å². The molecule has 26 heavy (non-hydrogen) atoms. The lowest BCUT2D eigenvalue weighted by Crippen LogP contribution is -2.31. The van der Waals surface area contributed by atoms with Crippen LogP contribution < -0.4 is 5.32 Å². The van der Waals surface area contributed by atoms with Crippen LogP contribution in [0.4, 0.5) is 5.82 Å². The van der Waals surface area contributed by atoms with E-state index < -0.39 is 0 Å². The number of anilines is 1. The van der Waals surface area contributed by atoms with Gasteiger partial charge < -0.3 is 10.2 Å². The van der Waals surface area contributed by atoms with Gasteiger partial charge in [0.25, 0.3) is 5.91 Å². The summed E-state index contributed by atoms with van der Waals surface area (Å²) in [5.41, 5.74) is 1.73. The van der Waals surface area contributed by atoms with E-state index in [-0.39, 0.29) is 24.3 Å². The summed E-state index contributed by atoms with van der Waals surface area (Å²) in [6.45, 7) is 0.522. The summed E-state index contributed by atoms with van der Waals surface area (Å²) < 4.78 is 0. The molecule has 3 aromatic rings. The van der Waals surface area contributed by atoms with Crippen molar-refractivity contribution in [3.63, 3.8) is 0 Å². The fourth-order valence-corrected chi connectivity index (χ4v) is 4.02. The third kappa shape index (κ3) is 3.23. The molecule has 0 saturated carbocycles. The number of pyridine rings is 1. The highest BCUT2D eigenvalue weighted by Crippen LogP contribution is 2.35. The molecule has 0 fully saturated rings. The molecule has 0 bridgehead atoms. The average molecular weight is 363 g/mol. The Morgan fingerprint density at radius 3 is 2.73 bits per heavy atom. The highest BCUT2D eigenvalue weighted by Gasteiger charge is 2.34. The lowest BCUT2D eigenvalue weighted by Gasteiger charge is -2.26. The normalized spacial score (nSPS) is 14.2. The number of benzene rings is 1. The monoisotopic (exact) mass is 363 g/mol. The predicted molar refractivity (Wildman–Crippen MR) is 101 cm³/mol. The van der Waals surface area contributed by atoms with Gasteiger partial charge in [0, 0.05) is 23.2 Å². The van der Waals surface area contributed by atoms with E-state index >= 15 is 0 Å². The standard InChI is InChI=1S/C20H17N3O2S/c24-19(22-18-9-3-4-10-21-18)12-16(17-8-5-11-26-17)23-13-14-6-1-2-7-15(14)20(23)25/h1-11,16H,12-13H2,(H,21,22,24). The van der Waals surface area contributed by atoms with Crippen molar-refractivity contribution >= 4 is 29.0 Å². The summed E-state index contributed by atoms with van der Waals surface area (Å²) in [7, 11) is 0. The Morgan fingerprint density at radius 2 is 2.00 bits per heavy atom. The van der Waals surface area contributed by atoms with E-state index in [1.54, 1.807) is 34.6 Å². The van der Waals surface area contributed by atoms with Crippen molar-refractivity contribution in [3.8, 4) is 0 Å². The molecule has 1 aliphatic heterocycles. The lowest BCUT2D eigenvalue weighted by molar-refractivity contribution is -0.117. The molecular weight excluding hydrogens is 346 g/mol. The molecule has 3 heterocycles. The van der Waals surface area contributed by atoms with E-state index in [4.69, 9.17) is 0 Å². The van der Waals surface area contributed by atoms with Crippen molar-refractivity contribution in [2.45, 2.75) is 19.0 Å². The molecule has 1 atom stereocenters. The Balaban J connectivity index is 1.57. The second-order valence-electron chi connectivity index (χ2n) is 6.09. The van der Waals surface area contributed by atoms with Crippen molar-refractivity contribution in [1.29, 1.82) is 0 Å². The first-order valence-corrected chi connectivity index (χ1v) is 9.23. The maximum Gasteiger partial charge on any atom is 0.255 e. The molecule has 1 unspecified atom stereocenters. The van der Waals surface area contributed by atoms with Crippen LogP contribution in [0, 0.1) is 0 Å². The lowest BCUT2D eigenvalue weighted by atomic mass is 10.1. The van der Waals surface area contributed by atoms with Crippen molar-refractivity contribution < 1.29 is 9.59 Å². The number of hydrogen-bond donors (Lipinski definition) is 1. The Hall–Kier alpha value is -2.99. The van der Waals surface area contributed by atoms with Gasteiger partial charge in [-0.2, -0.15) is 0 Å². The van der Waals surface area contributed by atoms with E-state index in [1.165, 1.54) is 0 Å². The molecule has 1 N–H and O–H groups in total. The van der Waals surface area contributed by atoms with Crippen LogP contribution in [0.3, 0.4) is 0 Å². The van der Waals surface area contributed by atoms with Gasteiger partial charge in [-0.15, -0.1) is 11.3 Å². The van der Waals surface area contributed by atoms with Crippen LogP contribution in [0.25, 0.3) is 0 Å². The van der Waals surface area contributed by atoms with Crippen LogP contribution in [-0.4, -0.2) is 21.7 Å². The summed E-state index contributed by atoms with van der Waals surface area (Å²) in [6, 6.07) is 16.6. The summed E-state index contributed by atoms with van der Waals surface area (Å²) in [5.74, 6) is 0.328. The van der Waals surface area contributed by atoms with Crippen LogP contribution >= 0.6 is 11.3 Å². The second-order valence-corrected chi connectivity index (χ2v) is 7.07. The molecule has 0 saturated heterocycles. The minimum Gasteiger partial charge on any atom is -0.326 e. The third-order valence-corrected chi connectivity index (χ3v) is 5.38. The van der Waals surface area contributed by atoms with E-state index in [0.29, 0.717) is 12.4 Å². The zero-order valence-corrected chi connectivity index (χ0v) is 14.8. The van der Waals surface area contributed by atoms with Crippen molar-refractivity contribution in [1.82, 2.24) is 9.88 Å². The molecule has 0 radical (unpaired) electrons. The van der Waals surface area contributed by atoms with E-state index in [0.717, 1.165) is 16.0 Å². The Labute approximate surface area is 155 Å². The summed E-state index contributed by atoms with van der Waals surface area (Å²) >= 11 is 1.56. The maximum absolute atomic E-state index is 12.9. The van der Waals surface area contributed by atoms with Crippen LogP contribution in [-0.2, 0) is 11.3 Å². The largest absolute Gasteiger partial charge is 0.326 e. The van der Waals surface area contributed by atoms with Gasteiger partial charge in [-0.1, -0.05) is 30.3 Å². The quantitative estimate of drug-likeness (QED) is 0.748. The molecule has 1 aromatic carbocycles. The average Bonchev–Trinajstić information content (AvgIpc) is 3.30. The zero-order chi connectivity index (χ0) is 17.9. The fraction of sp³-hybridized carbons (Fsp3) is 0.150. The van der Waals surface area contributed by atoms with Gasteiger partial charge in [0.15, 0.2) is 0 Å². The number of nitrogens with zero attached hydrogens (tertiary/aromatic N) is 2. The predicted octanol–water partition coefficient (Wildman–Crippen LogP) is 3.87. The Bertz CT molecular complexity index is 925. The molecule has 2 aromatic heterocycles. The van der Waals surface area contributed by atoms with E-state index in [1.807, 2.05) is 47.8 Å². The number of carbonyl (C=O) groups excluding carboxylic acids is 2. The van der Waals surface area contributed by atoms with Gasteiger partial charge >= 0.3 is 0 Å². The minimum absolute atomic E-state index is 0.0235. The van der Waals surface area contributed by atoms with Crippen molar-refractivity contribution in [2.24, 2.45) is 0 Å². The topological polar surface area (TPSA) is 62.3 Å². The number of rotatable bonds is 5. The molecule has 4 rings (SSSR count). The zero-order valence-electron chi connectivity index (χ0n) is 14.0. The molecule has 0 spiro atoms. The van der Waals surface area contributed by atoms with Gasteiger partial charge in [0.1, 0.15) is 5.82 Å². The number of thiophene rings is 1. The van der Waals surface area contributed by atoms with Crippen LogP contribution in [0.15, 0.2) is 66.2 Å². The molecular formula is C20H17N3O2S. The molecule has 5 nitrogen and oxygen atoms in total. The number of amides is 2. The first-order chi connectivity index (χ1) is 12.7. The second kappa shape index (κ2) is 7.09. The van der Waals surface area contributed by atoms with Gasteiger partial charge in [0.2, 0.25) is 5.91 Å². The SMILES string of the molecule is O=C(CC(c1cccs1)N1Cc2ccccc2C1=O)Nc1ccccn1. The number of aromatic nitrogens is 1. The first kappa shape index (κ1) is 16.5. The summed E-state index contributed by atoms with van der Waals surface area (Å²) in [4.78, 5) is 32.3. The molecule has 2 amide bonds. The van der Waals surface area contributed by atoms with Gasteiger partial charge in [-0.3, -0.25) is 9.59 Å². The Morgan fingerprint density at radius 1 is 1.15 bits per heavy atom. The molecule has 1 aliphatic rings. The number of hydrogen-bond acceptors (Lipinski definition) is 4. The third-order valence-electron chi connectivity index (χ3n) is 4.41. The van der Waals surface area contributed by atoms with Gasteiger partial charge in [-0.05, 0) is 35.2 Å². The number of nitrogens with one attached hydrogen (secondary N) is 1. The first-order valence-electron chi connectivity index (χ1n) is 8.35. The number of carbonyl (C=O) groups is 2. The highest BCUT2D eigenvalue weighted by atomic mass is 32.1. The van der Waals surface area contributed by atoms with E-state index in [2.05, 4.69) is 10.3 Å². The van der Waals surface area contributed by atoms with Gasteiger partial charge in [0.05, 0.1) is 12.5 Å². The molecule has 0 aliphatic carbocycles. The summed E-state index contributed by atoms with van der Waals surface area (Å²) in [5, 5.41) is 4.78. The summed E-state index contributed by atoms with van der Waals surface area (Å²) in [6.07, 6.45) is 1.82. The molecule has 130 valence electrons. The molecule has 6 heteroatoms. The Kier molecular flexibility index (Phi) is 4.50. The maximum atomic E-state index is 12.9. The fourth-order valence-electron chi connectivity index (χ4n) is 3.18. The van der Waals surface area contributed by atoms with Gasteiger partial charge in [-0.25, -0.2) is 4.98 Å². The van der Waals surface area contributed by atoms with Crippen molar-refractivity contribution in [2.75, 3.05) is 5.32 Å². The minimum atomic E-state index is -0.293.